The van der Waals surface area contributed by atoms with Gasteiger partial charge in [0.1, 0.15) is 6.10 Å². The molecule has 2 fully saturated rings. The number of hydrogen-bond acceptors (Lipinski definition) is 4. The number of hydrogen-bond donors (Lipinski definition) is 0. The molecule has 4 nitrogen and oxygen atoms in total. The number of carbonyl (C=O) groups is 2. The van der Waals surface area contributed by atoms with Crippen molar-refractivity contribution in [3.8, 4) is 0 Å². The van der Waals surface area contributed by atoms with E-state index in [0.717, 1.165) is 19.3 Å². The fraction of sp³-hybridized carbons (Fsp3) is 0.625. The van der Waals surface area contributed by atoms with E-state index in [1.165, 1.54) is 18.3 Å². The van der Waals surface area contributed by atoms with Crippen LogP contribution in [0.1, 0.15) is 26.2 Å². The van der Waals surface area contributed by atoms with Crippen LogP contribution in [0.25, 0.3) is 0 Å². The van der Waals surface area contributed by atoms with Gasteiger partial charge in [0.2, 0.25) is 0 Å². The Bertz CT molecular complexity index is 505. The van der Waals surface area contributed by atoms with Crippen LogP contribution < -0.4 is 0 Å². The molecule has 0 amide bonds. The van der Waals surface area contributed by atoms with E-state index in [2.05, 4.69) is 19.6 Å². The van der Waals surface area contributed by atoms with Crippen LogP contribution in [0.2, 0.25) is 0 Å². The minimum atomic E-state index is -0.759. The lowest BCUT2D eigenvalue weighted by molar-refractivity contribution is -0.155. The Kier molecular flexibility index (Phi) is 3.19. The van der Waals surface area contributed by atoms with Crippen LogP contribution in [-0.4, -0.2) is 25.2 Å². The first-order valence-corrected chi connectivity index (χ1v) is 7.17. The van der Waals surface area contributed by atoms with Crippen LogP contribution in [0.3, 0.4) is 0 Å². The van der Waals surface area contributed by atoms with E-state index in [4.69, 9.17) is 9.47 Å². The van der Waals surface area contributed by atoms with E-state index in [-0.39, 0.29) is 17.9 Å². The summed E-state index contributed by atoms with van der Waals surface area (Å²) in [6, 6.07) is 0. The van der Waals surface area contributed by atoms with Crippen molar-refractivity contribution in [3.05, 3.63) is 23.8 Å². The highest BCUT2D eigenvalue weighted by Crippen LogP contribution is 2.50. The molecular formula is C16H20O4. The molecule has 2 aliphatic carbocycles. The van der Waals surface area contributed by atoms with Crippen LogP contribution in [0.4, 0.5) is 0 Å². The molecular weight excluding hydrogens is 256 g/mol. The summed E-state index contributed by atoms with van der Waals surface area (Å²) in [6.07, 6.45) is 4.61. The molecule has 0 N–H and O–H groups in total. The van der Waals surface area contributed by atoms with Gasteiger partial charge in [0.05, 0.1) is 7.11 Å². The molecule has 0 bridgehead atoms. The van der Waals surface area contributed by atoms with Gasteiger partial charge in [-0.2, -0.15) is 0 Å². The summed E-state index contributed by atoms with van der Waals surface area (Å²) < 4.78 is 10.4. The Morgan fingerprint density at radius 3 is 2.95 bits per heavy atom. The van der Waals surface area contributed by atoms with Crippen LogP contribution >= 0.6 is 0 Å². The van der Waals surface area contributed by atoms with Gasteiger partial charge in [0.25, 0.3) is 0 Å². The van der Waals surface area contributed by atoms with Crippen LogP contribution in [0.15, 0.2) is 23.8 Å². The average molecular weight is 276 g/mol. The lowest BCUT2D eigenvalue weighted by atomic mass is 9.79. The van der Waals surface area contributed by atoms with Crippen molar-refractivity contribution in [2.45, 2.75) is 32.3 Å². The molecule has 1 saturated carbocycles. The first-order valence-electron chi connectivity index (χ1n) is 7.17. The van der Waals surface area contributed by atoms with Gasteiger partial charge >= 0.3 is 11.9 Å². The molecule has 4 heteroatoms. The minimum Gasteiger partial charge on any atom is -0.468 e. The molecule has 20 heavy (non-hydrogen) atoms. The van der Waals surface area contributed by atoms with Crippen molar-refractivity contribution in [2.75, 3.05) is 7.11 Å². The maximum atomic E-state index is 12.1. The predicted molar refractivity (Wildman–Crippen MR) is 72.6 cm³/mol. The number of ether oxygens (including phenoxy) is 2. The zero-order valence-electron chi connectivity index (χ0n) is 11.9. The zero-order chi connectivity index (χ0) is 14.4. The highest BCUT2D eigenvalue weighted by atomic mass is 16.6. The molecule has 1 saturated heterocycles. The minimum absolute atomic E-state index is 0.0804. The Balaban J connectivity index is 1.96. The maximum absolute atomic E-state index is 12.1. The maximum Gasteiger partial charge on any atom is 0.321 e. The van der Waals surface area contributed by atoms with Gasteiger partial charge < -0.3 is 9.47 Å². The quantitative estimate of drug-likeness (QED) is 0.419. The summed E-state index contributed by atoms with van der Waals surface area (Å²) in [5.74, 6) is -1.18. The zero-order valence-corrected chi connectivity index (χ0v) is 11.9. The van der Waals surface area contributed by atoms with Gasteiger partial charge in [-0.1, -0.05) is 23.8 Å². The second-order valence-electron chi connectivity index (χ2n) is 6.08. The second kappa shape index (κ2) is 4.76. The van der Waals surface area contributed by atoms with Crippen molar-refractivity contribution in [1.82, 2.24) is 0 Å². The normalized spacial score (nSPS) is 39.5. The molecule has 0 unspecified atom stereocenters. The number of rotatable bonds is 1. The molecule has 3 aliphatic rings. The van der Waals surface area contributed by atoms with Crippen LogP contribution in [0, 0.1) is 23.7 Å². The Labute approximate surface area is 118 Å². The van der Waals surface area contributed by atoms with Crippen molar-refractivity contribution in [1.29, 1.82) is 0 Å². The first-order chi connectivity index (χ1) is 9.54. The third kappa shape index (κ3) is 1.81. The molecule has 0 aromatic carbocycles. The van der Waals surface area contributed by atoms with Gasteiger partial charge in [0.15, 0.2) is 5.92 Å². The topological polar surface area (TPSA) is 52.6 Å². The standard InChI is InChI=1S/C16H20O4/c1-8-4-7-11-13(15(17)19-3)16(18)20-14(11)12-9(2)5-6-10(8)12/h5,10-14H,1,4,6-7H2,2-3H3/t10-,11-,12-,13+,14-/m0/s1. The molecule has 0 aromatic heterocycles. The number of esters is 2. The number of allylic oxidation sites excluding steroid dienone is 2. The van der Waals surface area contributed by atoms with Gasteiger partial charge in [-0.15, -0.1) is 0 Å². The smallest absolute Gasteiger partial charge is 0.321 e. The van der Waals surface area contributed by atoms with Crippen LogP contribution in [0.5, 0.6) is 0 Å². The molecule has 5 atom stereocenters. The highest BCUT2D eigenvalue weighted by molar-refractivity contribution is 5.96. The third-order valence-electron chi connectivity index (χ3n) is 5.14. The van der Waals surface area contributed by atoms with Crippen molar-refractivity contribution in [3.63, 3.8) is 0 Å². The first kappa shape index (κ1) is 13.4. The summed E-state index contributed by atoms with van der Waals surface area (Å²) in [4.78, 5) is 24.0. The Morgan fingerprint density at radius 1 is 1.50 bits per heavy atom. The fourth-order valence-electron chi connectivity index (χ4n) is 4.09. The van der Waals surface area contributed by atoms with Gasteiger partial charge in [-0.3, -0.25) is 9.59 Å². The molecule has 0 spiro atoms. The molecule has 108 valence electrons. The van der Waals surface area contributed by atoms with E-state index in [0.29, 0.717) is 5.92 Å². The fourth-order valence-corrected chi connectivity index (χ4v) is 4.09. The Hall–Kier alpha value is -1.58. The second-order valence-corrected chi connectivity index (χ2v) is 6.08. The summed E-state index contributed by atoms with van der Waals surface area (Å²) in [7, 11) is 1.32. The van der Waals surface area contributed by atoms with Gasteiger partial charge in [-0.05, 0) is 32.1 Å². The monoisotopic (exact) mass is 276 g/mol. The SMILES string of the molecule is C=C1CC[C@H]2[C@H](C(=O)OC)C(=O)O[C@@H]2[C@H]2C(C)=CC[C@@H]12. The summed E-state index contributed by atoms with van der Waals surface area (Å²) in [5, 5.41) is 0. The molecule has 1 heterocycles. The van der Waals surface area contributed by atoms with E-state index in [9.17, 15) is 9.59 Å². The Morgan fingerprint density at radius 2 is 2.25 bits per heavy atom. The van der Waals surface area contributed by atoms with E-state index in [1.807, 2.05) is 0 Å². The molecule has 0 aromatic rings. The predicted octanol–water partition coefficient (Wildman–Crippen LogP) is 2.25. The molecule has 3 rings (SSSR count). The lowest BCUT2D eigenvalue weighted by Gasteiger charge is -2.27. The summed E-state index contributed by atoms with van der Waals surface area (Å²) >= 11 is 0. The van der Waals surface area contributed by atoms with E-state index >= 15 is 0 Å². The largest absolute Gasteiger partial charge is 0.468 e. The number of fused-ring (bicyclic) bond motifs is 3. The number of methoxy groups -OCH3 is 1. The highest BCUT2D eigenvalue weighted by Gasteiger charge is 2.55. The van der Waals surface area contributed by atoms with E-state index in [1.54, 1.807) is 0 Å². The lowest BCUT2D eigenvalue weighted by Crippen LogP contribution is -2.32. The van der Waals surface area contributed by atoms with Crippen molar-refractivity contribution >= 4 is 11.9 Å². The van der Waals surface area contributed by atoms with Gasteiger partial charge in [-0.25, -0.2) is 0 Å². The van der Waals surface area contributed by atoms with Gasteiger partial charge in [0, 0.05) is 11.8 Å². The van der Waals surface area contributed by atoms with E-state index < -0.39 is 17.9 Å². The number of carbonyl (C=O) groups excluding carboxylic acids is 2. The molecule has 1 aliphatic heterocycles. The molecule has 0 radical (unpaired) electrons. The summed E-state index contributed by atoms with van der Waals surface area (Å²) in [6.45, 7) is 6.28. The third-order valence-corrected chi connectivity index (χ3v) is 5.14. The van der Waals surface area contributed by atoms with Crippen molar-refractivity contribution in [2.24, 2.45) is 23.7 Å². The van der Waals surface area contributed by atoms with Crippen molar-refractivity contribution < 1.29 is 19.1 Å². The average Bonchev–Trinajstić information content (AvgIpc) is 2.91. The summed E-state index contributed by atoms with van der Waals surface area (Å²) in [5.41, 5.74) is 2.48. The van der Waals surface area contributed by atoms with Crippen LogP contribution in [-0.2, 0) is 19.1 Å².